The van der Waals surface area contributed by atoms with Crippen molar-refractivity contribution in [3.05, 3.63) is 89.3 Å². The summed E-state index contributed by atoms with van der Waals surface area (Å²) in [4.78, 5) is 32.1. The number of ketones is 1. The molecule has 0 radical (unpaired) electrons. The molecule has 0 aliphatic carbocycles. The number of amides is 1. The lowest BCUT2D eigenvalue weighted by Crippen LogP contribution is -2.29. The number of carbonyl (C=O) groups is 2. The SMILES string of the molecule is CCCCOc1ccc(C2/C(=C(\O)c3ccc(OC)c(OC)c3)C(=O)C(=O)N2Cc2cccnc2)cc1. The summed E-state index contributed by atoms with van der Waals surface area (Å²) in [6.45, 7) is 2.85. The third-order valence-electron chi connectivity index (χ3n) is 6.24. The highest BCUT2D eigenvalue weighted by molar-refractivity contribution is 6.46. The molecule has 1 unspecified atom stereocenters. The van der Waals surface area contributed by atoms with Crippen molar-refractivity contribution in [3.63, 3.8) is 0 Å². The van der Waals surface area contributed by atoms with E-state index in [1.165, 1.54) is 19.1 Å². The van der Waals surface area contributed by atoms with Crippen LogP contribution in [0.25, 0.3) is 5.76 Å². The summed E-state index contributed by atoms with van der Waals surface area (Å²) < 4.78 is 16.4. The predicted molar refractivity (Wildman–Crippen MR) is 138 cm³/mol. The van der Waals surface area contributed by atoms with Gasteiger partial charge in [-0.15, -0.1) is 0 Å². The number of hydrogen-bond donors (Lipinski definition) is 1. The lowest BCUT2D eigenvalue weighted by Gasteiger charge is -2.25. The molecule has 0 saturated carbocycles. The minimum Gasteiger partial charge on any atom is -0.507 e. The molecule has 1 aromatic heterocycles. The largest absolute Gasteiger partial charge is 0.507 e. The Kier molecular flexibility index (Phi) is 8.08. The molecule has 4 rings (SSSR count). The molecule has 0 spiro atoms. The van der Waals surface area contributed by atoms with Gasteiger partial charge in [-0.25, -0.2) is 0 Å². The van der Waals surface area contributed by atoms with Crippen LogP contribution in [0.2, 0.25) is 0 Å². The van der Waals surface area contributed by atoms with E-state index in [0.29, 0.717) is 35.0 Å². The van der Waals surface area contributed by atoms with Crippen LogP contribution in [0.3, 0.4) is 0 Å². The van der Waals surface area contributed by atoms with E-state index in [-0.39, 0.29) is 17.9 Å². The number of benzene rings is 2. The summed E-state index contributed by atoms with van der Waals surface area (Å²) >= 11 is 0. The van der Waals surface area contributed by atoms with Gasteiger partial charge in [0.1, 0.15) is 11.5 Å². The number of unbranched alkanes of at least 4 members (excludes halogenated alkanes) is 1. The molecular weight excluding hydrogens is 472 g/mol. The maximum atomic E-state index is 13.3. The van der Waals surface area contributed by atoms with Crippen LogP contribution in [0, 0.1) is 0 Å². The van der Waals surface area contributed by atoms with Crippen molar-refractivity contribution in [2.45, 2.75) is 32.4 Å². The van der Waals surface area contributed by atoms with Crippen molar-refractivity contribution in [1.82, 2.24) is 9.88 Å². The lowest BCUT2D eigenvalue weighted by atomic mass is 9.95. The average molecular weight is 503 g/mol. The van der Waals surface area contributed by atoms with E-state index in [2.05, 4.69) is 11.9 Å². The first-order valence-electron chi connectivity index (χ1n) is 12.1. The zero-order chi connectivity index (χ0) is 26.4. The van der Waals surface area contributed by atoms with E-state index in [9.17, 15) is 14.7 Å². The smallest absolute Gasteiger partial charge is 0.295 e. The standard InChI is InChI=1S/C29H30N2O6/c1-4-5-15-37-22-11-8-20(9-12-22)26-25(27(32)21-10-13-23(35-2)24(16-21)36-3)28(33)29(34)31(26)18-19-7-6-14-30-17-19/h6-14,16-17,26,32H,4-5,15,18H2,1-3H3/b27-25+. The van der Waals surface area contributed by atoms with Gasteiger partial charge in [-0.3, -0.25) is 14.6 Å². The number of hydrogen-bond acceptors (Lipinski definition) is 7. The number of pyridine rings is 1. The number of rotatable bonds is 10. The molecule has 1 atom stereocenters. The number of aromatic nitrogens is 1. The first kappa shape index (κ1) is 25.8. The molecular formula is C29H30N2O6. The molecule has 0 bridgehead atoms. The fourth-order valence-corrected chi connectivity index (χ4v) is 4.30. The highest BCUT2D eigenvalue weighted by atomic mass is 16.5. The summed E-state index contributed by atoms with van der Waals surface area (Å²) in [5.41, 5.74) is 1.77. The number of methoxy groups -OCH3 is 2. The maximum Gasteiger partial charge on any atom is 0.295 e. The molecule has 1 N–H and O–H groups in total. The fourth-order valence-electron chi connectivity index (χ4n) is 4.30. The van der Waals surface area contributed by atoms with Gasteiger partial charge in [-0.1, -0.05) is 31.5 Å². The van der Waals surface area contributed by atoms with Crippen LogP contribution in [0.5, 0.6) is 17.2 Å². The quantitative estimate of drug-likeness (QED) is 0.182. The molecule has 8 nitrogen and oxygen atoms in total. The van der Waals surface area contributed by atoms with E-state index in [4.69, 9.17) is 14.2 Å². The Hall–Kier alpha value is -4.33. The second-order valence-corrected chi connectivity index (χ2v) is 8.63. The third-order valence-corrected chi connectivity index (χ3v) is 6.24. The van der Waals surface area contributed by atoms with Crippen molar-refractivity contribution in [2.75, 3.05) is 20.8 Å². The Morgan fingerprint density at radius 2 is 1.78 bits per heavy atom. The van der Waals surface area contributed by atoms with Crippen molar-refractivity contribution < 1.29 is 28.9 Å². The first-order chi connectivity index (χ1) is 18.0. The molecule has 1 saturated heterocycles. The zero-order valence-corrected chi connectivity index (χ0v) is 21.1. The summed E-state index contributed by atoms with van der Waals surface area (Å²) in [5, 5.41) is 11.4. The van der Waals surface area contributed by atoms with Crippen molar-refractivity contribution in [1.29, 1.82) is 0 Å². The highest BCUT2D eigenvalue weighted by Crippen LogP contribution is 2.41. The van der Waals surface area contributed by atoms with Crippen LogP contribution < -0.4 is 14.2 Å². The van der Waals surface area contributed by atoms with Crippen molar-refractivity contribution in [2.24, 2.45) is 0 Å². The van der Waals surface area contributed by atoms with Gasteiger partial charge in [0.15, 0.2) is 11.5 Å². The Bertz CT molecular complexity index is 1290. The van der Waals surface area contributed by atoms with Gasteiger partial charge in [-0.05, 0) is 53.9 Å². The summed E-state index contributed by atoms with van der Waals surface area (Å²) in [6, 6.07) is 14.9. The first-order valence-corrected chi connectivity index (χ1v) is 12.1. The monoisotopic (exact) mass is 502 g/mol. The lowest BCUT2D eigenvalue weighted by molar-refractivity contribution is -0.140. The number of carbonyl (C=O) groups excluding carboxylic acids is 2. The van der Waals surface area contributed by atoms with Gasteiger partial charge in [0.2, 0.25) is 0 Å². The van der Waals surface area contributed by atoms with E-state index in [1.54, 1.807) is 36.7 Å². The third kappa shape index (κ3) is 5.43. The van der Waals surface area contributed by atoms with Gasteiger partial charge in [-0.2, -0.15) is 0 Å². The highest BCUT2D eigenvalue weighted by Gasteiger charge is 2.46. The van der Waals surface area contributed by atoms with Crippen LogP contribution in [0.1, 0.15) is 42.5 Å². The molecule has 2 aromatic carbocycles. The van der Waals surface area contributed by atoms with Gasteiger partial charge in [0.05, 0.1) is 32.4 Å². The summed E-state index contributed by atoms with van der Waals surface area (Å²) in [6.07, 6.45) is 5.26. The van der Waals surface area contributed by atoms with Gasteiger partial charge >= 0.3 is 0 Å². The van der Waals surface area contributed by atoms with Crippen LogP contribution in [0.15, 0.2) is 72.6 Å². The number of ether oxygens (including phenoxy) is 3. The van der Waals surface area contributed by atoms with Crippen molar-refractivity contribution in [3.8, 4) is 17.2 Å². The minimum atomic E-state index is -0.807. The topological polar surface area (TPSA) is 98.2 Å². The molecule has 1 aliphatic heterocycles. The van der Waals surface area contributed by atoms with E-state index in [1.807, 2.05) is 30.3 Å². The normalized spacial score (nSPS) is 16.6. The maximum absolute atomic E-state index is 13.3. The second kappa shape index (κ2) is 11.6. The van der Waals surface area contributed by atoms with Crippen LogP contribution in [-0.2, 0) is 16.1 Å². The van der Waals surface area contributed by atoms with Gasteiger partial charge in [0.25, 0.3) is 11.7 Å². The van der Waals surface area contributed by atoms with Crippen LogP contribution in [-0.4, -0.2) is 47.5 Å². The number of nitrogens with zero attached hydrogens (tertiary/aromatic N) is 2. The molecule has 192 valence electrons. The Morgan fingerprint density at radius 1 is 1.03 bits per heavy atom. The number of aliphatic hydroxyl groups excluding tert-OH is 1. The molecule has 2 heterocycles. The molecule has 1 amide bonds. The Balaban J connectivity index is 1.79. The summed E-state index contributed by atoms with van der Waals surface area (Å²) in [7, 11) is 3.00. The molecule has 1 fully saturated rings. The molecule has 37 heavy (non-hydrogen) atoms. The Labute approximate surface area is 216 Å². The van der Waals surface area contributed by atoms with E-state index in [0.717, 1.165) is 18.4 Å². The Morgan fingerprint density at radius 3 is 2.43 bits per heavy atom. The van der Waals surface area contributed by atoms with E-state index >= 15 is 0 Å². The van der Waals surface area contributed by atoms with E-state index < -0.39 is 17.7 Å². The second-order valence-electron chi connectivity index (χ2n) is 8.63. The zero-order valence-electron chi connectivity index (χ0n) is 21.1. The minimum absolute atomic E-state index is 0.000705. The number of likely N-dealkylation sites (tertiary alicyclic amines) is 1. The van der Waals surface area contributed by atoms with Crippen LogP contribution in [0.4, 0.5) is 0 Å². The molecule has 3 aromatic rings. The van der Waals surface area contributed by atoms with Gasteiger partial charge < -0.3 is 24.2 Å². The van der Waals surface area contributed by atoms with Crippen molar-refractivity contribution >= 4 is 17.4 Å². The fraction of sp³-hybridized carbons (Fsp3) is 0.276. The van der Waals surface area contributed by atoms with Crippen LogP contribution >= 0.6 is 0 Å². The number of Topliss-reactive ketones (excluding diaryl/α,β-unsaturated/α-hetero) is 1. The summed E-state index contributed by atoms with van der Waals surface area (Å²) in [5.74, 6) is -0.182. The predicted octanol–water partition coefficient (Wildman–Crippen LogP) is 4.90. The van der Waals surface area contributed by atoms with Gasteiger partial charge in [0, 0.05) is 24.5 Å². The molecule has 1 aliphatic rings. The average Bonchev–Trinajstić information content (AvgIpc) is 3.18. The number of aliphatic hydroxyl groups is 1. The molecule has 8 heteroatoms.